The number of anilines is 2. The molecule has 0 saturated carbocycles. The highest BCUT2D eigenvalue weighted by Gasteiger charge is 2.34. The van der Waals surface area contributed by atoms with Gasteiger partial charge in [-0.2, -0.15) is 0 Å². The number of aryl methyl sites for hydroxylation is 2. The number of hydrogen-bond acceptors (Lipinski definition) is 3. The Kier molecular flexibility index (Phi) is 6.67. The van der Waals surface area contributed by atoms with E-state index in [1.54, 1.807) is 0 Å². The molecule has 1 unspecified atom stereocenters. The van der Waals surface area contributed by atoms with Gasteiger partial charge in [0.2, 0.25) is 0 Å². The Morgan fingerprint density at radius 2 is 1.86 bits per heavy atom. The molecular formula is C33H29N3O. The fourth-order valence-electron chi connectivity index (χ4n) is 5.16. The van der Waals surface area contributed by atoms with Crippen LogP contribution < -0.4 is 4.90 Å². The highest BCUT2D eigenvalue weighted by Crippen LogP contribution is 2.41. The van der Waals surface area contributed by atoms with Gasteiger partial charge in [0, 0.05) is 24.3 Å². The van der Waals surface area contributed by atoms with E-state index in [1.807, 2.05) is 49.4 Å². The minimum absolute atomic E-state index is 0.112. The predicted molar refractivity (Wildman–Crippen MR) is 149 cm³/mol. The molecule has 37 heavy (non-hydrogen) atoms. The van der Waals surface area contributed by atoms with Gasteiger partial charge in [-0.25, -0.2) is 10.1 Å². The minimum atomic E-state index is -0.664. The summed E-state index contributed by atoms with van der Waals surface area (Å²) in [5.41, 5.74) is 7.34. The monoisotopic (exact) mass is 483 g/mol. The lowest BCUT2D eigenvalue weighted by atomic mass is 9.85. The van der Waals surface area contributed by atoms with Crippen molar-refractivity contribution in [1.82, 2.24) is 0 Å². The summed E-state index contributed by atoms with van der Waals surface area (Å²) < 4.78 is 6.47. The van der Waals surface area contributed by atoms with E-state index in [2.05, 4.69) is 71.3 Å². The fourth-order valence-corrected chi connectivity index (χ4v) is 5.16. The summed E-state index contributed by atoms with van der Waals surface area (Å²) in [6.07, 6.45) is 8.45. The second-order valence-corrected chi connectivity index (χ2v) is 9.83. The molecule has 3 aromatic rings. The number of hydrogen-bond donors (Lipinski definition) is 0. The number of allylic oxidation sites excluding steroid dienone is 3. The van der Waals surface area contributed by atoms with E-state index in [0.717, 1.165) is 30.5 Å². The highest BCUT2D eigenvalue weighted by molar-refractivity contribution is 5.70. The van der Waals surface area contributed by atoms with Crippen molar-refractivity contribution in [3.63, 3.8) is 0 Å². The number of benzene rings is 3. The molecule has 182 valence electrons. The first-order valence-electron chi connectivity index (χ1n) is 12.6. The fraction of sp³-hybridized carbons (Fsp3) is 0.212. The van der Waals surface area contributed by atoms with Gasteiger partial charge in [0.05, 0.1) is 12.6 Å². The molecule has 0 aromatic heterocycles. The number of fused-ring (bicyclic) bond motifs is 1. The van der Waals surface area contributed by atoms with Crippen molar-refractivity contribution in [1.29, 1.82) is 5.26 Å². The molecule has 0 fully saturated rings. The minimum Gasteiger partial charge on any atom is -0.483 e. The average Bonchev–Trinajstić information content (AvgIpc) is 2.93. The van der Waals surface area contributed by atoms with Gasteiger partial charge in [-0.15, -0.1) is 0 Å². The molecule has 4 heteroatoms. The van der Waals surface area contributed by atoms with E-state index < -0.39 is 5.60 Å². The summed E-state index contributed by atoms with van der Waals surface area (Å²) in [5.74, 6) is 0.642. The lowest BCUT2D eigenvalue weighted by molar-refractivity contribution is 0.0143. The number of ether oxygens (including phenoxy) is 1. The lowest BCUT2D eigenvalue weighted by Gasteiger charge is -2.36. The summed E-state index contributed by atoms with van der Waals surface area (Å²) in [6, 6.07) is 27.3. The molecule has 2 aliphatic heterocycles. The Balaban J connectivity index is 1.45. The quantitative estimate of drug-likeness (QED) is 0.279. The van der Waals surface area contributed by atoms with Gasteiger partial charge in [-0.3, -0.25) is 0 Å². The van der Waals surface area contributed by atoms with Gasteiger partial charge in [0.25, 0.3) is 5.70 Å². The Bertz CT molecular complexity index is 1470. The highest BCUT2D eigenvalue weighted by atomic mass is 16.5. The Hall–Kier alpha value is -4.54. The summed E-state index contributed by atoms with van der Waals surface area (Å²) in [7, 11) is 0. The van der Waals surface area contributed by atoms with Crippen LogP contribution in [-0.4, -0.2) is 6.54 Å². The standard InChI is InChI=1S/C33H29N3O/c1-24-11-15-29(16-12-24)36-19-7-8-26-20-25(14-18-32(26)36)13-17-30-21-27(31(23-34)35-3)22-33(2,37-30)28-9-5-4-6-10-28/h4-6,9-18,20-21H,7-8,19,22H2,1-2H3/b17-13+,31-27+. The SMILES string of the molecule is [C-]#[N+]/C(C#N)=C1C=C(/C=C/c2ccc3c(c2)CCCN3c2ccc(C)cc2)OC(C)(c2ccccc2)C\1. The van der Waals surface area contributed by atoms with Gasteiger partial charge in [-0.1, -0.05) is 60.2 Å². The Labute approximate surface area is 219 Å². The maximum Gasteiger partial charge on any atom is 0.265 e. The van der Waals surface area contributed by atoms with Crippen molar-refractivity contribution in [2.24, 2.45) is 0 Å². The first-order valence-corrected chi connectivity index (χ1v) is 12.6. The van der Waals surface area contributed by atoms with Crippen LogP contribution in [0.4, 0.5) is 11.4 Å². The van der Waals surface area contributed by atoms with Crippen LogP contribution in [0.2, 0.25) is 0 Å². The van der Waals surface area contributed by atoms with E-state index >= 15 is 0 Å². The lowest BCUT2D eigenvalue weighted by Crippen LogP contribution is -2.29. The third kappa shape index (κ3) is 5.06. The molecule has 5 rings (SSSR count). The van der Waals surface area contributed by atoms with Crippen LogP contribution in [0.3, 0.4) is 0 Å². The van der Waals surface area contributed by atoms with E-state index in [9.17, 15) is 5.26 Å². The van der Waals surface area contributed by atoms with Gasteiger partial charge < -0.3 is 9.64 Å². The van der Waals surface area contributed by atoms with Crippen LogP contribution in [0, 0.1) is 24.8 Å². The number of nitriles is 1. The first kappa shape index (κ1) is 24.2. The van der Waals surface area contributed by atoms with Crippen LogP contribution in [0.15, 0.2) is 102 Å². The van der Waals surface area contributed by atoms with Gasteiger partial charge >= 0.3 is 0 Å². The topological polar surface area (TPSA) is 40.6 Å². The van der Waals surface area contributed by atoms with Crippen molar-refractivity contribution in [3.05, 3.63) is 136 Å². The molecule has 2 heterocycles. The molecule has 2 aliphatic rings. The van der Waals surface area contributed by atoms with Gasteiger partial charge in [0.1, 0.15) is 11.4 Å². The van der Waals surface area contributed by atoms with Crippen LogP contribution in [0.5, 0.6) is 0 Å². The van der Waals surface area contributed by atoms with E-state index in [1.165, 1.54) is 22.5 Å². The van der Waals surface area contributed by atoms with Gasteiger partial charge in [0.15, 0.2) is 0 Å². The second kappa shape index (κ2) is 10.2. The maximum absolute atomic E-state index is 9.53. The molecule has 4 nitrogen and oxygen atoms in total. The molecule has 0 spiro atoms. The average molecular weight is 484 g/mol. The third-order valence-corrected chi connectivity index (χ3v) is 7.10. The van der Waals surface area contributed by atoms with Crippen molar-refractivity contribution in [3.8, 4) is 6.07 Å². The molecule has 0 aliphatic carbocycles. The summed E-state index contributed by atoms with van der Waals surface area (Å²) in [6.45, 7) is 12.6. The molecule has 0 amide bonds. The predicted octanol–water partition coefficient (Wildman–Crippen LogP) is 8.01. The maximum atomic E-state index is 9.53. The molecule has 1 atom stereocenters. The van der Waals surface area contributed by atoms with Crippen LogP contribution >= 0.6 is 0 Å². The van der Waals surface area contributed by atoms with Crippen LogP contribution in [-0.2, 0) is 16.8 Å². The van der Waals surface area contributed by atoms with Crippen molar-refractivity contribution in [2.75, 3.05) is 11.4 Å². The zero-order valence-corrected chi connectivity index (χ0v) is 21.2. The number of nitrogens with zero attached hydrogens (tertiary/aromatic N) is 3. The second-order valence-electron chi connectivity index (χ2n) is 9.83. The van der Waals surface area contributed by atoms with E-state index in [-0.39, 0.29) is 5.70 Å². The zero-order chi connectivity index (χ0) is 25.8. The molecule has 0 radical (unpaired) electrons. The zero-order valence-electron chi connectivity index (χ0n) is 21.2. The molecule has 0 N–H and O–H groups in total. The van der Waals surface area contributed by atoms with E-state index in [4.69, 9.17) is 11.3 Å². The van der Waals surface area contributed by atoms with Crippen molar-refractivity contribution in [2.45, 2.75) is 38.7 Å². The summed E-state index contributed by atoms with van der Waals surface area (Å²) in [4.78, 5) is 5.86. The summed E-state index contributed by atoms with van der Waals surface area (Å²) in [5, 5.41) is 9.53. The normalized spacial score (nSPS) is 20.3. The van der Waals surface area contributed by atoms with Crippen LogP contribution in [0.1, 0.15) is 42.0 Å². The number of rotatable bonds is 4. The smallest absolute Gasteiger partial charge is 0.265 e. The van der Waals surface area contributed by atoms with Gasteiger partial charge in [-0.05, 0) is 85.4 Å². The van der Waals surface area contributed by atoms with Crippen LogP contribution in [0.25, 0.3) is 10.9 Å². The molecular weight excluding hydrogens is 454 g/mol. The van der Waals surface area contributed by atoms with E-state index in [0.29, 0.717) is 17.8 Å². The Morgan fingerprint density at radius 1 is 1.08 bits per heavy atom. The van der Waals surface area contributed by atoms with Crippen molar-refractivity contribution >= 4 is 17.5 Å². The molecule has 0 saturated heterocycles. The largest absolute Gasteiger partial charge is 0.483 e. The third-order valence-electron chi connectivity index (χ3n) is 7.10. The Morgan fingerprint density at radius 3 is 2.59 bits per heavy atom. The summed E-state index contributed by atoms with van der Waals surface area (Å²) >= 11 is 0. The molecule has 0 bridgehead atoms. The van der Waals surface area contributed by atoms with Crippen molar-refractivity contribution < 1.29 is 4.74 Å². The molecule has 3 aromatic carbocycles. The first-order chi connectivity index (χ1) is 18.0.